The fraction of sp³-hybridized carbons (Fsp3) is 0.235. The van der Waals surface area contributed by atoms with Crippen LogP contribution in [0, 0.1) is 0 Å². The van der Waals surface area contributed by atoms with Gasteiger partial charge in [0.1, 0.15) is 24.7 Å². The van der Waals surface area contributed by atoms with Gasteiger partial charge in [0.15, 0.2) is 0 Å². The third-order valence-electron chi connectivity index (χ3n) is 3.45. The molecule has 2 N–H and O–H groups in total. The van der Waals surface area contributed by atoms with Crippen molar-refractivity contribution < 1.29 is 19.1 Å². The lowest BCUT2D eigenvalue weighted by Crippen LogP contribution is -2.13. The molecule has 0 aliphatic carbocycles. The second-order valence-corrected chi connectivity index (χ2v) is 5.98. The number of benzene rings is 1. The molecule has 1 aromatic carbocycles. The van der Waals surface area contributed by atoms with Crippen molar-refractivity contribution in [2.24, 2.45) is 0 Å². The minimum atomic E-state index is -0.772. The number of carbonyl (C=O) groups is 1. The molecule has 1 unspecified atom stereocenters. The first-order valence-electron chi connectivity index (χ1n) is 7.83. The van der Waals surface area contributed by atoms with Gasteiger partial charge in [-0.2, -0.15) is 5.10 Å². The number of hydrogen-bond donors (Lipinski definition) is 2. The van der Waals surface area contributed by atoms with Crippen molar-refractivity contribution in [3.05, 3.63) is 65.1 Å². The van der Waals surface area contributed by atoms with Crippen LogP contribution in [0.1, 0.15) is 30.2 Å². The van der Waals surface area contributed by atoms with E-state index in [4.69, 9.17) is 20.8 Å². The summed E-state index contributed by atoms with van der Waals surface area (Å²) in [6.07, 6.45) is 3.20. The topological polar surface area (TPSA) is 102 Å². The van der Waals surface area contributed by atoms with Crippen molar-refractivity contribution in [2.45, 2.75) is 26.2 Å². The van der Waals surface area contributed by atoms with Gasteiger partial charge in [0, 0.05) is 16.8 Å². The van der Waals surface area contributed by atoms with E-state index < -0.39 is 12.2 Å². The highest BCUT2D eigenvalue weighted by Crippen LogP contribution is 2.16. The number of halogens is 1. The van der Waals surface area contributed by atoms with Gasteiger partial charge in [-0.25, -0.2) is 9.78 Å². The first-order chi connectivity index (χ1) is 12.5. The molecule has 3 aromatic rings. The van der Waals surface area contributed by atoms with Crippen molar-refractivity contribution in [3.8, 4) is 0 Å². The van der Waals surface area contributed by atoms with E-state index in [1.807, 2.05) is 6.07 Å². The van der Waals surface area contributed by atoms with E-state index in [1.165, 1.54) is 12.5 Å². The number of nitrogens with zero attached hydrogens (tertiary/aromatic N) is 3. The predicted molar refractivity (Wildman–Crippen MR) is 93.7 cm³/mol. The molecule has 26 heavy (non-hydrogen) atoms. The molecular weight excluding hydrogens is 360 g/mol. The molecule has 9 heteroatoms. The molecule has 0 bridgehead atoms. The van der Waals surface area contributed by atoms with E-state index in [0.717, 1.165) is 5.56 Å². The molecule has 8 nitrogen and oxygen atoms in total. The van der Waals surface area contributed by atoms with Gasteiger partial charge in [-0.15, -0.1) is 0 Å². The third kappa shape index (κ3) is 4.62. The molecule has 1 amide bonds. The van der Waals surface area contributed by atoms with Crippen molar-refractivity contribution in [1.82, 2.24) is 14.8 Å². The van der Waals surface area contributed by atoms with Crippen LogP contribution in [0.3, 0.4) is 0 Å². The summed E-state index contributed by atoms with van der Waals surface area (Å²) in [6.45, 7) is 1.98. The Morgan fingerprint density at radius 2 is 2.27 bits per heavy atom. The van der Waals surface area contributed by atoms with E-state index >= 15 is 0 Å². The number of aliphatic hydroxyl groups excluding tert-OH is 1. The summed E-state index contributed by atoms with van der Waals surface area (Å²) in [5.74, 6) is 0.244. The summed E-state index contributed by atoms with van der Waals surface area (Å²) in [4.78, 5) is 16.0. The Hall–Kier alpha value is -2.84. The summed E-state index contributed by atoms with van der Waals surface area (Å²) in [5.41, 5.74) is 1.81. The predicted octanol–water partition coefficient (Wildman–Crippen LogP) is 3.37. The summed E-state index contributed by atoms with van der Waals surface area (Å²) >= 11 is 6.02. The number of aromatic nitrogens is 3. The summed E-state index contributed by atoms with van der Waals surface area (Å²) < 4.78 is 11.9. The third-order valence-corrected chi connectivity index (χ3v) is 3.82. The average molecular weight is 377 g/mol. The molecule has 0 aliphatic rings. The molecule has 0 fully saturated rings. The summed E-state index contributed by atoms with van der Waals surface area (Å²) in [5, 5.41) is 16.7. The second-order valence-electron chi connectivity index (χ2n) is 5.57. The Bertz CT molecular complexity index is 890. The normalized spacial score (nSPS) is 12.0. The van der Waals surface area contributed by atoms with Crippen LogP contribution < -0.4 is 5.32 Å². The lowest BCUT2D eigenvalue weighted by atomic mass is 10.2. The van der Waals surface area contributed by atoms with Crippen LogP contribution in [0.5, 0.6) is 0 Å². The Kier molecular flexibility index (Phi) is 5.55. The van der Waals surface area contributed by atoms with Crippen LogP contribution in [0.2, 0.25) is 5.02 Å². The Morgan fingerprint density at radius 3 is 3.00 bits per heavy atom. The molecule has 0 aliphatic heterocycles. The minimum Gasteiger partial charge on any atom is -0.446 e. The first kappa shape index (κ1) is 18.0. The number of aliphatic hydroxyl groups is 1. The first-order valence-corrected chi connectivity index (χ1v) is 8.21. The zero-order valence-corrected chi connectivity index (χ0v) is 14.7. The van der Waals surface area contributed by atoms with Gasteiger partial charge in [-0.1, -0.05) is 29.8 Å². The van der Waals surface area contributed by atoms with Crippen molar-refractivity contribution in [3.63, 3.8) is 0 Å². The molecule has 1 atom stereocenters. The lowest BCUT2D eigenvalue weighted by molar-refractivity contribution is 0.155. The van der Waals surface area contributed by atoms with Gasteiger partial charge in [0.05, 0.1) is 18.4 Å². The Labute approximate surface area is 154 Å². The minimum absolute atomic E-state index is 0.0701. The maximum atomic E-state index is 11.9. The van der Waals surface area contributed by atoms with E-state index in [1.54, 1.807) is 36.0 Å². The number of rotatable bonds is 6. The molecule has 3 rings (SSSR count). The maximum absolute atomic E-state index is 11.9. The molecule has 2 aromatic heterocycles. The lowest BCUT2D eigenvalue weighted by Gasteiger charge is -2.06. The van der Waals surface area contributed by atoms with Gasteiger partial charge in [0.25, 0.3) is 0 Å². The summed E-state index contributed by atoms with van der Waals surface area (Å²) in [7, 11) is 0. The molecular formula is C17H17ClN4O4. The van der Waals surface area contributed by atoms with Crippen LogP contribution in [0.25, 0.3) is 0 Å². The van der Waals surface area contributed by atoms with E-state index in [-0.39, 0.29) is 12.5 Å². The van der Waals surface area contributed by atoms with Crippen molar-refractivity contribution in [1.29, 1.82) is 0 Å². The molecule has 0 saturated heterocycles. The molecule has 0 radical (unpaired) electrons. The zero-order valence-electron chi connectivity index (χ0n) is 13.9. The number of oxazole rings is 1. The monoisotopic (exact) mass is 376 g/mol. The van der Waals surface area contributed by atoms with E-state index in [0.29, 0.717) is 22.9 Å². The SMILES string of the molecule is CC(O)c1nc(Cn2cc(NC(=O)OCc3ccccc3Cl)cn2)co1. The highest BCUT2D eigenvalue weighted by Gasteiger charge is 2.11. The number of ether oxygens (including phenoxy) is 1. The average Bonchev–Trinajstić information content (AvgIpc) is 3.24. The Balaban J connectivity index is 1.52. The van der Waals surface area contributed by atoms with Crippen LogP contribution in [-0.2, 0) is 17.9 Å². The largest absolute Gasteiger partial charge is 0.446 e. The standard InChI is InChI=1S/C17H17ClN4O4/c1-11(23)16-20-14(10-25-16)8-22-7-13(6-19-22)21-17(24)26-9-12-4-2-3-5-15(12)18/h2-7,10-11,23H,8-9H2,1H3,(H,21,24). The van der Waals surface area contributed by atoms with E-state index in [9.17, 15) is 9.90 Å². The number of hydrogen-bond acceptors (Lipinski definition) is 6. The Morgan fingerprint density at radius 1 is 1.46 bits per heavy atom. The second kappa shape index (κ2) is 8.03. The number of anilines is 1. The van der Waals surface area contributed by atoms with Gasteiger partial charge in [-0.3, -0.25) is 10.00 Å². The van der Waals surface area contributed by atoms with Gasteiger partial charge >= 0.3 is 6.09 Å². The number of carbonyl (C=O) groups excluding carboxylic acids is 1. The molecule has 136 valence electrons. The molecule has 0 saturated carbocycles. The smallest absolute Gasteiger partial charge is 0.412 e. The van der Waals surface area contributed by atoms with Gasteiger partial charge in [0.2, 0.25) is 5.89 Å². The van der Waals surface area contributed by atoms with Crippen molar-refractivity contribution >= 4 is 23.4 Å². The van der Waals surface area contributed by atoms with Crippen LogP contribution in [0.15, 0.2) is 47.3 Å². The highest BCUT2D eigenvalue weighted by atomic mass is 35.5. The zero-order chi connectivity index (χ0) is 18.5. The number of nitrogens with one attached hydrogen (secondary N) is 1. The highest BCUT2D eigenvalue weighted by molar-refractivity contribution is 6.31. The molecule has 2 heterocycles. The fourth-order valence-electron chi connectivity index (χ4n) is 2.18. The van der Waals surface area contributed by atoms with Crippen LogP contribution >= 0.6 is 11.6 Å². The van der Waals surface area contributed by atoms with Crippen LogP contribution in [-0.4, -0.2) is 26.0 Å². The van der Waals surface area contributed by atoms with Crippen LogP contribution in [0.4, 0.5) is 10.5 Å². The van der Waals surface area contributed by atoms with Gasteiger partial charge < -0.3 is 14.3 Å². The molecule has 0 spiro atoms. The maximum Gasteiger partial charge on any atom is 0.412 e. The number of amides is 1. The van der Waals surface area contributed by atoms with Gasteiger partial charge in [-0.05, 0) is 13.0 Å². The fourth-order valence-corrected chi connectivity index (χ4v) is 2.37. The quantitative estimate of drug-likeness (QED) is 0.683. The van der Waals surface area contributed by atoms with E-state index in [2.05, 4.69) is 15.4 Å². The van der Waals surface area contributed by atoms with Crippen molar-refractivity contribution in [2.75, 3.05) is 5.32 Å². The summed E-state index contributed by atoms with van der Waals surface area (Å²) in [6, 6.07) is 7.14.